The average molecular weight is 240 g/mol. The molecule has 98 valence electrons. The quantitative estimate of drug-likeness (QED) is 0.690. The van der Waals surface area contributed by atoms with Crippen molar-refractivity contribution in [2.75, 3.05) is 33.4 Å². The lowest BCUT2D eigenvalue weighted by Gasteiger charge is -2.26. The van der Waals surface area contributed by atoms with Gasteiger partial charge in [-0.25, -0.2) is 4.79 Å². The van der Waals surface area contributed by atoms with E-state index in [1.165, 1.54) is 32.1 Å². The summed E-state index contributed by atoms with van der Waals surface area (Å²) in [5.41, 5.74) is 0. The minimum Gasteiger partial charge on any atom is -0.379 e. The molecule has 0 spiro atoms. The zero-order valence-corrected chi connectivity index (χ0v) is 10.8. The van der Waals surface area contributed by atoms with Crippen LogP contribution in [0.3, 0.4) is 0 Å². The van der Waals surface area contributed by atoms with Crippen LogP contribution in [-0.2, 0) is 4.74 Å². The Morgan fingerprint density at radius 1 is 1.29 bits per heavy atom. The van der Waals surface area contributed by atoms with Crippen molar-refractivity contribution in [3.63, 3.8) is 0 Å². The van der Waals surface area contributed by atoms with E-state index in [0.29, 0.717) is 13.2 Å². The third-order valence-electron chi connectivity index (χ3n) is 3.73. The van der Waals surface area contributed by atoms with Crippen LogP contribution < -0.4 is 5.32 Å². The molecule has 2 aliphatic rings. The van der Waals surface area contributed by atoms with E-state index in [1.807, 2.05) is 7.05 Å². The average Bonchev–Trinajstić information content (AvgIpc) is 3.05. The number of ether oxygens (including phenoxy) is 1. The minimum absolute atomic E-state index is 0.0342. The highest BCUT2D eigenvalue weighted by molar-refractivity contribution is 5.73. The first-order valence-electron chi connectivity index (χ1n) is 6.82. The third kappa shape index (κ3) is 4.54. The van der Waals surface area contributed by atoms with Gasteiger partial charge < -0.3 is 15.0 Å². The standard InChI is InChI=1S/C13H24N2O2/c1-15(7-8-17-10-12-5-6-12)13(16)14-9-11-3-2-4-11/h11-12H,2-10H2,1H3,(H,14,16). The van der Waals surface area contributed by atoms with Crippen molar-refractivity contribution in [1.82, 2.24) is 10.2 Å². The van der Waals surface area contributed by atoms with Crippen molar-refractivity contribution in [2.24, 2.45) is 11.8 Å². The Balaban J connectivity index is 1.47. The van der Waals surface area contributed by atoms with Crippen molar-refractivity contribution < 1.29 is 9.53 Å². The van der Waals surface area contributed by atoms with E-state index < -0.39 is 0 Å². The van der Waals surface area contributed by atoms with Gasteiger partial charge in [0.05, 0.1) is 6.61 Å². The Kier molecular flexibility index (Phi) is 4.66. The minimum atomic E-state index is 0.0342. The van der Waals surface area contributed by atoms with Crippen molar-refractivity contribution >= 4 is 6.03 Å². The Hall–Kier alpha value is -0.770. The molecule has 2 fully saturated rings. The maximum absolute atomic E-state index is 11.7. The van der Waals surface area contributed by atoms with Crippen LogP contribution in [0.25, 0.3) is 0 Å². The maximum atomic E-state index is 11.7. The second kappa shape index (κ2) is 6.24. The lowest BCUT2D eigenvalue weighted by Crippen LogP contribution is -2.42. The molecule has 2 rings (SSSR count). The predicted molar refractivity (Wildman–Crippen MR) is 66.9 cm³/mol. The highest BCUT2D eigenvalue weighted by Crippen LogP contribution is 2.28. The van der Waals surface area contributed by atoms with Crippen LogP contribution in [0, 0.1) is 11.8 Å². The molecule has 0 heterocycles. The first kappa shape index (κ1) is 12.7. The monoisotopic (exact) mass is 240 g/mol. The first-order valence-corrected chi connectivity index (χ1v) is 6.82. The lowest BCUT2D eigenvalue weighted by atomic mass is 9.85. The molecule has 0 aromatic rings. The van der Waals surface area contributed by atoms with E-state index in [1.54, 1.807) is 4.90 Å². The summed E-state index contributed by atoms with van der Waals surface area (Å²) in [5.74, 6) is 1.52. The van der Waals surface area contributed by atoms with Crippen LogP contribution in [0.2, 0.25) is 0 Å². The number of rotatable bonds is 7. The van der Waals surface area contributed by atoms with E-state index in [4.69, 9.17) is 4.74 Å². The number of nitrogens with one attached hydrogen (secondary N) is 1. The van der Waals surface area contributed by atoms with Crippen LogP contribution in [0.1, 0.15) is 32.1 Å². The van der Waals surface area contributed by atoms with Gasteiger partial charge in [-0.05, 0) is 37.5 Å². The van der Waals surface area contributed by atoms with Gasteiger partial charge in [0.2, 0.25) is 0 Å². The van der Waals surface area contributed by atoms with E-state index in [-0.39, 0.29) is 6.03 Å². The Morgan fingerprint density at radius 3 is 2.65 bits per heavy atom. The summed E-state index contributed by atoms with van der Waals surface area (Å²) in [7, 11) is 1.83. The van der Waals surface area contributed by atoms with Gasteiger partial charge in [-0.1, -0.05) is 6.42 Å². The molecule has 1 N–H and O–H groups in total. The van der Waals surface area contributed by atoms with Gasteiger partial charge in [-0.2, -0.15) is 0 Å². The molecule has 0 saturated heterocycles. The maximum Gasteiger partial charge on any atom is 0.317 e. The molecule has 2 saturated carbocycles. The molecule has 0 unspecified atom stereocenters. The normalized spacial score (nSPS) is 19.8. The zero-order chi connectivity index (χ0) is 12.1. The molecule has 0 aliphatic heterocycles. The summed E-state index contributed by atoms with van der Waals surface area (Å²) in [5, 5.41) is 2.98. The van der Waals surface area contributed by atoms with E-state index in [0.717, 1.165) is 25.0 Å². The second-order valence-corrected chi connectivity index (χ2v) is 5.42. The molecular formula is C13H24N2O2. The van der Waals surface area contributed by atoms with Gasteiger partial charge in [0, 0.05) is 26.7 Å². The Bertz CT molecular complexity index is 250. The van der Waals surface area contributed by atoms with Crippen molar-refractivity contribution in [3.05, 3.63) is 0 Å². The number of hydrogen-bond donors (Lipinski definition) is 1. The lowest BCUT2D eigenvalue weighted by molar-refractivity contribution is 0.107. The van der Waals surface area contributed by atoms with Crippen molar-refractivity contribution in [3.8, 4) is 0 Å². The summed E-state index contributed by atoms with van der Waals surface area (Å²) in [6.45, 7) is 3.05. The fourth-order valence-corrected chi connectivity index (χ4v) is 1.90. The summed E-state index contributed by atoms with van der Waals surface area (Å²) in [6, 6.07) is 0.0342. The molecule has 0 aromatic carbocycles. The molecular weight excluding hydrogens is 216 g/mol. The van der Waals surface area contributed by atoms with E-state index in [2.05, 4.69) is 5.32 Å². The van der Waals surface area contributed by atoms with Crippen LogP contribution in [-0.4, -0.2) is 44.3 Å². The number of carbonyl (C=O) groups is 1. The number of likely N-dealkylation sites (N-methyl/N-ethyl adjacent to an activating group) is 1. The first-order chi connectivity index (χ1) is 8.25. The molecule has 17 heavy (non-hydrogen) atoms. The molecule has 0 aromatic heterocycles. The molecule has 4 nitrogen and oxygen atoms in total. The number of hydrogen-bond acceptors (Lipinski definition) is 2. The summed E-state index contributed by atoms with van der Waals surface area (Å²) in [4.78, 5) is 13.4. The van der Waals surface area contributed by atoms with Crippen LogP contribution >= 0.6 is 0 Å². The van der Waals surface area contributed by atoms with Gasteiger partial charge in [-0.3, -0.25) is 0 Å². The SMILES string of the molecule is CN(CCOCC1CC1)C(=O)NCC1CCC1. The van der Waals surface area contributed by atoms with Gasteiger partial charge in [0.15, 0.2) is 0 Å². The molecule has 4 heteroatoms. The van der Waals surface area contributed by atoms with E-state index >= 15 is 0 Å². The van der Waals surface area contributed by atoms with Crippen LogP contribution in [0.5, 0.6) is 0 Å². The third-order valence-corrected chi connectivity index (χ3v) is 3.73. The Morgan fingerprint density at radius 2 is 2.06 bits per heavy atom. The largest absolute Gasteiger partial charge is 0.379 e. The number of nitrogens with zero attached hydrogens (tertiary/aromatic N) is 1. The summed E-state index contributed by atoms with van der Waals surface area (Å²) in [6.07, 6.45) is 6.50. The summed E-state index contributed by atoms with van der Waals surface area (Å²) >= 11 is 0. The molecule has 0 bridgehead atoms. The fraction of sp³-hybridized carbons (Fsp3) is 0.923. The summed E-state index contributed by atoms with van der Waals surface area (Å²) < 4.78 is 5.51. The van der Waals surface area contributed by atoms with Gasteiger partial charge >= 0.3 is 6.03 Å². The smallest absolute Gasteiger partial charge is 0.317 e. The number of urea groups is 1. The van der Waals surface area contributed by atoms with Crippen LogP contribution in [0.15, 0.2) is 0 Å². The molecule has 2 amide bonds. The van der Waals surface area contributed by atoms with Gasteiger partial charge in [0.1, 0.15) is 0 Å². The van der Waals surface area contributed by atoms with Gasteiger partial charge in [0.25, 0.3) is 0 Å². The number of carbonyl (C=O) groups excluding carboxylic acids is 1. The zero-order valence-electron chi connectivity index (χ0n) is 10.8. The molecule has 0 atom stereocenters. The van der Waals surface area contributed by atoms with Crippen LogP contribution in [0.4, 0.5) is 4.79 Å². The van der Waals surface area contributed by atoms with Crippen molar-refractivity contribution in [2.45, 2.75) is 32.1 Å². The fourth-order valence-electron chi connectivity index (χ4n) is 1.90. The molecule has 2 aliphatic carbocycles. The van der Waals surface area contributed by atoms with Gasteiger partial charge in [-0.15, -0.1) is 0 Å². The highest BCUT2D eigenvalue weighted by Gasteiger charge is 2.21. The second-order valence-electron chi connectivity index (χ2n) is 5.42. The van der Waals surface area contributed by atoms with Crippen molar-refractivity contribution in [1.29, 1.82) is 0 Å². The molecule has 0 radical (unpaired) electrons. The number of amides is 2. The van der Waals surface area contributed by atoms with E-state index in [9.17, 15) is 4.79 Å². The topological polar surface area (TPSA) is 41.6 Å². The highest BCUT2D eigenvalue weighted by atomic mass is 16.5. The predicted octanol–water partition coefficient (Wildman–Crippen LogP) is 1.85. The Labute approximate surface area is 104 Å².